The third-order valence-electron chi connectivity index (χ3n) is 4.05. The van der Waals surface area contributed by atoms with Gasteiger partial charge in [-0.25, -0.2) is 0 Å². The molecule has 2 atom stereocenters. The van der Waals surface area contributed by atoms with Crippen LogP contribution >= 0.6 is 0 Å². The van der Waals surface area contributed by atoms with E-state index in [1.54, 1.807) is 0 Å². The number of nitrogens with one attached hydrogen (secondary N) is 2. The Labute approximate surface area is 211 Å². The molecular formula is C18H32CaN2O10-2. The molecule has 0 aliphatic rings. The summed E-state index contributed by atoms with van der Waals surface area (Å²) in [7, 11) is 0. The number of rotatable bonds is 12. The standard InChI is InChI=1S/2C9H17NO5.Ca/c2*1-9(2,5-11)7(14)8(15)10-4-3-6(12)13;/h2*7,11,14H,3-5H2,1-2H3,(H,10,15)(H,12,13);/p-2/t2*7-;/m00./s1. The fourth-order valence-corrected chi connectivity index (χ4v) is 1.65. The molecule has 0 aromatic rings. The topological polar surface area (TPSA) is 219 Å². The quantitative estimate of drug-likeness (QED) is 0.147. The molecular weight excluding hydrogens is 444 g/mol. The first-order chi connectivity index (χ1) is 13.6. The van der Waals surface area contributed by atoms with E-state index in [-0.39, 0.29) is 76.9 Å². The average Bonchev–Trinajstić information content (AvgIpc) is 2.66. The number of carboxylic acid groups (broad SMARTS) is 2. The van der Waals surface area contributed by atoms with Crippen LogP contribution in [0.25, 0.3) is 0 Å². The summed E-state index contributed by atoms with van der Waals surface area (Å²) in [4.78, 5) is 42.6. The van der Waals surface area contributed by atoms with Gasteiger partial charge in [-0.15, -0.1) is 0 Å². The Kier molecular flexibility index (Phi) is 18.5. The number of carboxylic acids is 2. The number of carbonyl (C=O) groups is 4. The second-order valence-electron chi connectivity index (χ2n) is 7.92. The van der Waals surface area contributed by atoms with Crippen LogP contribution in [0.1, 0.15) is 40.5 Å². The van der Waals surface area contributed by atoms with Gasteiger partial charge in [0.1, 0.15) is 12.2 Å². The van der Waals surface area contributed by atoms with E-state index in [0.717, 1.165) is 0 Å². The van der Waals surface area contributed by atoms with Gasteiger partial charge in [0.25, 0.3) is 0 Å². The molecule has 0 spiro atoms. The molecule has 6 N–H and O–H groups in total. The number of aliphatic hydroxyl groups excluding tert-OH is 4. The number of aliphatic carboxylic acids is 2. The van der Waals surface area contributed by atoms with Crippen LogP contribution < -0.4 is 20.8 Å². The minimum Gasteiger partial charge on any atom is -0.550 e. The van der Waals surface area contributed by atoms with Crippen LogP contribution in [0.4, 0.5) is 0 Å². The van der Waals surface area contributed by atoms with E-state index in [1.807, 2.05) is 0 Å². The van der Waals surface area contributed by atoms with Gasteiger partial charge < -0.3 is 50.9 Å². The molecule has 13 heteroatoms. The third-order valence-corrected chi connectivity index (χ3v) is 4.05. The van der Waals surface area contributed by atoms with E-state index in [2.05, 4.69) is 10.6 Å². The van der Waals surface area contributed by atoms with Gasteiger partial charge in [-0.2, -0.15) is 0 Å². The number of amides is 2. The second-order valence-corrected chi connectivity index (χ2v) is 7.92. The predicted octanol–water partition coefficient (Wildman–Crippen LogP) is -5.14. The van der Waals surface area contributed by atoms with Gasteiger partial charge in [-0.05, 0) is 0 Å². The average molecular weight is 477 g/mol. The SMILES string of the molecule is CC(C)(CO)[C@@H](O)C(=O)NCCC(=O)[O-].CC(C)(CO)[C@@H](O)C(=O)NCCC(=O)[O-].[Ca]. The molecule has 0 saturated carbocycles. The van der Waals surface area contributed by atoms with E-state index in [0.29, 0.717) is 0 Å². The van der Waals surface area contributed by atoms with Crippen molar-refractivity contribution in [3.05, 3.63) is 0 Å². The number of hydrogen-bond acceptors (Lipinski definition) is 10. The molecule has 12 nitrogen and oxygen atoms in total. The summed E-state index contributed by atoms with van der Waals surface area (Å²) in [5.74, 6) is -3.94. The second kappa shape index (κ2) is 16.6. The van der Waals surface area contributed by atoms with Crippen molar-refractivity contribution < 1.29 is 49.8 Å². The van der Waals surface area contributed by atoms with Crippen molar-refractivity contribution in [2.24, 2.45) is 10.8 Å². The molecule has 2 radical (unpaired) electrons. The zero-order chi connectivity index (χ0) is 24.1. The van der Waals surface area contributed by atoms with E-state index in [9.17, 15) is 39.6 Å². The molecule has 0 unspecified atom stereocenters. The molecule has 0 rings (SSSR count). The van der Waals surface area contributed by atoms with Gasteiger partial charge in [0.2, 0.25) is 11.8 Å². The van der Waals surface area contributed by atoms with Crippen LogP contribution in [0.2, 0.25) is 0 Å². The van der Waals surface area contributed by atoms with Crippen molar-refractivity contribution in [1.82, 2.24) is 10.6 Å². The maximum atomic E-state index is 11.2. The maximum absolute atomic E-state index is 11.2. The Morgan fingerprint density at radius 2 is 1.00 bits per heavy atom. The molecule has 2 amide bonds. The number of hydrogen-bond donors (Lipinski definition) is 6. The van der Waals surface area contributed by atoms with Crippen molar-refractivity contribution >= 4 is 61.5 Å². The first-order valence-electron chi connectivity index (χ1n) is 9.15. The maximum Gasteiger partial charge on any atom is 0.249 e. The van der Waals surface area contributed by atoms with Gasteiger partial charge in [-0.3, -0.25) is 9.59 Å². The first kappa shape index (κ1) is 34.6. The summed E-state index contributed by atoms with van der Waals surface area (Å²) < 4.78 is 0. The van der Waals surface area contributed by atoms with E-state index < -0.39 is 46.8 Å². The van der Waals surface area contributed by atoms with Crippen LogP contribution in [0.5, 0.6) is 0 Å². The molecule has 0 fully saturated rings. The summed E-state index contributed by atoms with van der Waals surface area (Å²) in [6.07, 6.45) is -3.36. The largest absolute Gasteiger partial charge is 0.550 e. The molecule has 31 heavy (non-hydrogen) atoms. The Morgan fingerprint density at radius 1 is 0.742 bits per heavy atom. The van der Waals surface area contributed by atoms with Gasteiger partial charge >= 0.3 is 0 Å². The van der Waals surface area contributed by atoms with Crippen LogP contribution in [0, 0.1) is 10.8 Å². The Hall–Kier alpha value is -1.02. The normalized spacial score (nSPS) is 12.9. The van der Waals surface area contributed by atoms with Gasteiger partial charge in [0.15, 0.2) is 0 Å². The Bertz CT molecular complexity index is 534. The minimum absolute atomic E-state index is 0. The summed E-state index contributed by atoms with van der Waals surface area (Å²) in [6, 6.07) is 0. The summed E-state index contributed by atoms with van der Waals surface area (Å²) in [5, 5.41) is 61.3. The van der Waals surface area contributed by atoms with Gasteiger partial charge in [0, 0.05) is 86.4 Å². The van der Waals surface area contributed by atoms with Crippen molar-refractivity contribution in [1.29, 1.82) is 0 Å². The molecule has 178 valence electrons. The summed E-state index contributed by atoms with van der Waals surface area (Å²) >= 11 is 0. The smallest absolute Gasteiger partial charge is 0.249 e. The zero-order valence-electron chi connectivity index (χ0n) is 18.3. The Balaban J connectivity index is -0.000000490. The predicted molar refractivity (Wildman–Crippen MR) is 105 cm³/mol. The fraction of sp³-hybridized carbons (Fsp3) is 0.778. The minimum atomic E-state index is -1.37. The van der Waals surface area contributed by atoms with Crippen LogP contribution in [0.15, 0.2) is 0 Å². The third kappa shape index (κ3) is 15.4. The van der Waals surface area contributed by atoms with Crippen molar-refractivity contribution in [2.75, 3.05) is 26.3 Å². The van der Waals surface area contributed by atoms with E-state index >= 15 is 0 Å². The molecule has 0 aliphatic carbocycles. The first-order valence-corrected chi connectivity index (χ1v) is 9.15. The molecule has 0 aromatic heterocycles. The summed E-state index contributed by atoms with van der Waals surface area (Å²) in [6.45, 7) is 5.21. The Morgan fingerprint density at radius 3 is 1.19 bits per heavy atom. The monoisotopic (exact) mass is 476 g/mol. The molecule has 0 aliphatic heterocycles. The molecule has 0 saturated heterocycles. The van der Waals surface area contributed by atoms with Crippen LogP contribution in [0.3, 0.4) is 0 Å². The molecule has 0 aromatic carbocycles. The number of aliphatic hydroxyl groups is 4. The van der Waals surface area contributed by atoms with Crippen LogP contribution in [-0.2, 0) is 19.2 Å². The number of carbonyl (C=O) groups excluding carboxylic acids is 4. The van der Waals surface area contributed by atoms with Gasteiger partial charge in [-0.1, -0.05) is 27.7 Å². The summed E-state index contributed by atoms with van der Waals surface area (Å²) in [5.41, 5.74) is -1.91. The van der Waals surface area contributed by atoms with Crippen LogP contribution in [-0.4, -0.2) is 120 Å². The van der Waals surface area contributed by atoms with Crippen molar-refractivity contribution in [3.8, 4) is 0 Å². The zero-order valence-corrected chi connectivity index (χ0v) is 20.6. The van der Waals surface area contributed by atoms with Crippen molar-refractivity contribution in [3.63, 3.8) is 0 Å². The van der Waals surface area contributed by atoms with E-state index in [1.165, 1.54) is 27.7 Å². The van der Waals surface area contributed by atoms with Crippen molar-refractivity contribution in [2.45, 2.75) is 52.7 Å². The van der Waals surface area contributed by atoms with Gasteiger partial charge in [0.05, 0.1) is 13.2 Å². The molecule has 0 heterocycles. The molecule has 0 bridgehead atoms. The van der Waals surface area contributed by atoms with E-state index in [4.69, 9.17) is 10.2 Å². The fourth-order valence-electron chi connectivity index (χ4n) is 1.65.